The summed E-state index contributed by atoms with van der Waals surface area (Å²) < 4.78 is 7.38. The Bertz CT molecular complexity index is 787. The predicted molar refractivity (Wildman–Crippen MR) is 81.8 cm³/mol. The fourth-order valence-corrected chi connectivity index (χ4v) is 2.74. The molecule has 1 saturated heterocycles. The Morgan fingerprint density at radius 3 is 2.86 bits per heavy atom. The molecular formula is C14H17N7O. The molecule has 1 aliphatic rings. The van der Waals surface area contributed by atoms with E-state index in [-0.39, 0.29) is 0 Å². The molecule has 0 bridgehead atoms. The molecule has 22 heavy (non-hydrogen) atoms. The molecule has 0 aliphatic carbocycles. The maximum Gasteiger partial charge on any atom is 0.180 e. The summed E-state index contributed by atoms with van der Waals surface area (Å²) in [6.07, 6.45) is 10.9. The van der Waals surface area contributed by atoms with Gasteiger partial charge in [-0.15, -0.1) is 0 Å². The van der Waals surface area contributed by atoms with Crippen molar-refractivity contribution in [2.24, 2.45) is 0 Å². The second-order valence-electron chi connectivity index (χ2n) is 5.35. The number of anilines is 1. The number of rotatable bonds is 3. The second-order valence-corrected chi connectivity index (χ2v) is 5.35. The van der Waals surface area contributed by atoms with Gasteiger partial charge in [0.25, 0.3) is 0 Å². The lowest BCUT2D eigenvalue weighted by molar-refractivity contribution is 0.0904. The Balaban J connectivity index is 1.70. The lowest BCUT2D eigenvalue weighted by Gasteiger charge is -2.23. The molecule has 114 valence electrons. The van der Waals surface area contributed by atoms with Gasteiger partial charge >= 0.3 is 0 Å². The summed E-state index contributed by atoms with van der Waals surface area (Å²) >= 11 is 0. The molecule has 4 heterocycles. The second kappa shape index (κ2) is 5.30. The molecule has 0 amide bonds. The van der Waals surface area contributed by atoms with Gasteiger partial charge < -0.3 is 15.9 Å². The van der Waals surface area contributed by atoms with Crippen molar-refractivity contribution in [3.8, 4) is 11.3 Å². The average molecular weight is 299 g/mol. The Labute approximate surface area is 126 Å². The summed E-state index contributed by atoms with van der Waals surface area (Å²) in [5, 5.41) is 7.48. The molecule has 0 radical (unpaired) electrons. The van der Waals surface area contributed by atoms with Crippen molar-refractivity contribution < 1.29 is 4.74 Å². The minimum Gasteiger partial charge on any atom is -0.381 e. The van der Waals surface area contributed by atoms with E-state index in [1.807, 2.05) is 16.8 Å². The summed E-state index contributed by atoms with van der Waals surface area (Å²) in [6, 6.07) is 0.374. The van der Waals surface area contributed by atoms with Crippen molar-refractivity contribution in [2.75, 3.05) is 24.4 Å². The molecule has 0 saturated carbocycles. The van der Waals surface area contributed by atoms with Crippen molar-refractivity contribution in [1.82, 2.24) is 24.3 Å². The first-order chi connectivity index (χ1) is 10.8. The third kappa shape index (κ3) is 2.27. The van der Waals surface area contributed by atoms with Crippen LogP contribution in [0.3, 0.4) is 0 Å². The highest BCUT2D eigenvalue weighted by atomic mass is 16.5. The van der Waals surface area contributed by atoms with E-state index in [0.717, 1.165) is 48.8 Å². The van der Waals surface area contributed by atoms with Crippen molar-refractivity contribution in [3.05, 3.63) is 31.0 Å². The van der Waals surface area contributed by atoms with E-state index in [1.54, 1.807) is 18.6 Å². The molecular weight excluding hydrogens is 282 g/mol. The summed E-state index contributed by atoms with van der Waals surface area (Å²) in [7, 11) is 0. The van der Waals surface area contributed by atoms with E-state index < -0.39 is 0 Å². The van der Waals surface area contributed by atoms with Gasteiger partial charge in [0.2, 0.25) is 0 Å². The number of nitrogens with one attached hydrogen (secondary N) is 1. The van der Waals surface area contributed by atoms with Gasteiger partial charge in [0.1, 0.15) is 0 Å². The number of ether oxygens (including phenoxy) is 1. The number of fused-ring (bicyclic) bond motifs is 1. The first-order valence-corrected chi connectivity index (χ1v) is 7.28. The summed E-state index contributed by atoms with van der Waals surface area (Å²) in [5.74, 6) is 6.41. The maximum atomic E-state index is 5.62. The fourth-order valence-electron chi connectivity index (χ4n) is 2.74. The largest absolute Gasteiger partial charge is 0.381 e. The van der Waals surface area contributed by atoms with Crippen LogP contribution >= 0.6 is 0 Å². The smallest absolute Gasteiger partial charge is 0.180 e. The van der Waals surface area contributed by atoms with Crippen LogP contribution in [0.25, 0.3) is 16.9 Å². The van der Waals surface area contributed by atoms with Crippen LogP contribution in [0.4, 0.5) is 5.82 Å². The van der Waals surface area contributed by atoms with Crippen LogP contribution in [0.5, 0.6) is 0 Å². The normalized spacial score (nSPS) is 16.2. The standard InChI is InChI=1S/C14H17N7O/c15-21-9-10(7-18-21)12-8-17-14-13(16-3-4-20(12)14)19-11-1-5-22-6-2-11/h3-4,7-9,11H,1-2,5-6,15H2,(H,16,19). The molecule has 3 aromatic rings. The first kappa shape index (κ1) is 13.1. The lowest BCUT2D eigenvalue weighted by atomic mass is 10.1. The molecule has 8 heteroatoms. The highest BCUT2D eigenvalue weighted by Gasteiger charge is 2.17. The molecule has 0 unspecified atom stereocenters. The number of hydrogen-bond donors (Lipinski definition) is 2. The molecule has 3 N–H and O–H groups in total. The van der Waals surface area contributed by atoms with Crippen molar-refractivity contribution >= 4 is 11.5 Å². The van der Waals surface area contributed by atoms with E-state index in [0.29, 0.717) is 6.04 Å². The van der Waals surface area contributed by atoms with E-state index >= 15 is 0 Å². The van der Waals surface area contributed by atoms with Crippen LogP contribution in [0, 0.1) is 0 Å². The third-order valence-corrected chi connectivity index (χ3v) is 3.89. The van der Waals surface area contributed by atoms with Crippen molar-refractivity contribution in [3.63, 3.8) is 0 Å². The molecule has 8 nitrogen and oxygen atoms in total. The summed E-state index contributed by atoms with van der Waals surface area (Å²) in [4.78, 5) is 10.2. The molecule has 4 rings (SSSR count). The maximum absolute atomic E-state index is 5.62. The van der Waals surface area contributed by atoms with Crippen molar-refractivity contribution in [1.29, 1.82) is 0 Å². The van der Waals surface area contributed by atoms with Gasteiger partial charge in [-0.05, 0) is 12.8 Å². The Morgan fingerprint density at radius 1 is 1.23 bits per heavy atom. The van der Waals surface area contributed by atoms with Crippen LogP contribution in [-0.4, -0.2) is 43.5 Å². The fraction of sp³-hybridized carbons (Fsp3) is 0.357. The minimum atomic E-state index is 0.374. The van der Waals surface area contributed by atoms with Gasteiger partial charge in [-0.25, -0.2) is 9.97 Å². The van der Waals surface area contributed by atoms with Crippen LogP contribution < -0.4 is 11.2 Å². The lowest BCUT2D eigenvalue weighted by Crippen LogP contribution is -2.28. The zero-order valence-electron chi connectivity index (χ0n) is 12.0. The first-order valence-electron chi connectivity index (χ1n) is 7.28. The molecule has 1 aliphatic heterocycles. The monoisotopic (exact) mass is 299 g/mol. The molecule has 0 spiro atoms. The quantitative estimate of drug-likeness (QED) is 0.698. The zero-order chi connectivity index (χ0) is 14.9. The van der Waals surface area contributed by atoms with Crippen LogP contribution in [0.15, 0.2) is 31.0 Å². The molecule has 3 aromatic heterocycles. The molecule has 1 fully saturated rings. The topological polar surface area (TPSA) is 95.3 Å². The number of hydrogen-bond acceptors (Lipinski definition) is 6. The van der Waals surface area contributed by atoms with E-state index in [2.05, 4.69) is 20.4 Å². The summed E-state index contributed by atoms with van der Waals surface area (Å²) in [5.41, 5.74) is 2.65. The Hall–Kier alpha value is -2.61. The number of imidazole rings is 1. The third-order valence-electron chi connectivity index (χ3n) is 3.89. The molecule has 0 atom stereocenters. The predicted octanol–water partition coefficient (Wildman–Crippen LogP) is 0.897. The van der Waals surface area contributed by atoms with E-state index in [4.69, 9.17) is 10.6 Å². The van der Waals surface area contributed by atoms with Crippen LogP contribution in [-0.2, 0) is 4.74 Å². The average Bonchev–Trinajstić information content (AvgIpc) is 3.15. The highest BCUT2D eigenvalue weighted by Crippen LogP contribution is 2.23. The van der Waals surface area contributed by atoms with Crippen LogP contribution in [0.1, 0.15) is 12.8 Å². The van der Waals surface area contributed by atoms with E-state index in [1.165, 1.54) is 4.79 Å². The number of nitrogens with two attached hydrogens (primary N) is 1. The van der Waals surface area contributed by atoms with Gasteiger partial charge in [-0.2, -0.15) is 9.89 Å². The number of aromatic nitrogens is 5. The Morgan fingerprint density at radius 2 is 2.09 bits per heavy atom. The Kier molecular flexibility index (Phi) is 3.15. The SMILES string of the molecule is Nn1cc(-c2cnc3c(NC4CCOCC4)nccn23)cn1. The zero-order valence-corrected chi connectivity index (χ0v) is 12.0. The number of nitrogen functional groups attached to an aromatic ring is 1. The van der Waals surface area contributed by atoms with Crippen LogP contribution in [0.2, 0.25) is 0 Å². The van der Waals surface area contributed by atoms with Gasteiger partial charge in [-0.3, -0.25) is 4.40 Å². The van der Waals surface area contributed by atoms with Gasteiger partial charge in [0, 0.05) is 37.2 Å². The number of nitrogens with zero attached hydrogens (tertiary/aromatic N) is 5. The van der Waals surface area contributed by atoms with Gasteiger partial charge in [0.05, 0.1) is 24.3 Å². The highest BCUT2D eigenvalue weighted by molar-refractivity contribution is 5.70. The minimum absolute atomic E-state index is 0.374. The van der Waals surface area contributed by atoms with Gasteiger partial charge in [0.15, 0.2) is 11.5 Å². The van der Waals surface area contributed by atoms with Crippen molar-refractivity contribution in [2.45, 2.75) is 18.9 Å². The van der Waals surface area contributed by atoms with E-state index in [9.17, 15) is 0 Å². The summed E-state index contributed by atoms with van der Waals surface area (Å²) in [6.45, 7) is 1.58. The molecule has 0 aromatic carbocycles. The van der Waals surface area contributed by atoms with Gasteiger partial charge in [-0.1, -0.05) is 0 Å².